The average molecular weight is 554 g/mol. The lowest BCUT2D eigenvalue weighted by Crippen LogP contribution is -2.57. The third-order valence-corrected chi connectivity index (χ3v) is 10.4. The van der Waals surface area contributed by atoms with Gasteiger partial charge in [-0.1, -0.05) is 43.0 Å². The molecule has 2 bridgehead atoms. The van der Waals surface area contributed by atoms with E-state index < -0.39 is 28.6 Å². The molecule has 0 aliphatic carbocycles. The first-order valence-corrected chi connectivity index (χ1v) is 14.3. The van der Waals surface area contributed by atoms with Gasteiger partial charge < -0.3 is 19.6 Å². The Morgan fingerprint density at radius 2 is 2.08 bits per heavy atom. The van der Waals surface area contributed by atoms with Crippen LogP contribution in [0, 0.1) is 17.8 Å². The van der Waals surface area contributed by atoms with Gasteiger partial charge in [0, 0.05) is 24.9 Å². The molecule has 6 atom stereocenters. The maximum atomic E-state index is 14.5. The van der Waals surface area contributed by atoms with Crippen LogP contribution in [0.25, 0.3) is 11.0 Å². The molecule has 5 rings (SSSR count). The van der Waals surface area contributed by atoms with Gasteiger partial charge in [0.2, 0.25) is 11.8 Å². The largest absolute Gasteiger partial charge is 0.461 e. The van der Waals surface area contributed by atoms with Gasteiger partial charge in [-0.15, -0.1) is 23.4 Å². The van der Waals surface area contributed by atoms with Crippen molar-refractivity contribution in [3.05, 3.63) is 49.6 Å². The molecule has 1 aromatic carbocycles. The van der Waals surface area contributed by atoms with E-state index in [1.165, 1.54) is 6.08 Å². The number of esters is 1. The molecule has 10 nitrogen and oxygen atoms in total. The van der Waals surface area contributed by atoms with Crippen molar-refractivity contribution >= 4 is 40.6 Å². The van der Waals surface area contributed by atoms with Gasteiger partial charge >= 0.3 is 5.97 Å². The first-order chi connectivity index (χ1) is 18.9. The lowest BCUT2D eigenvalue weighted by molar-refractivity contribution is -0.153. The maximum Gasteiger partial charge on any atom is 0.311 e. The Hall–Kier alpha value is -3.18. The summed E-state index contributed by atoms with van der Waals surface area (Å²) in [6, 6.07) is 6.78. The number of thioether (sulfide) groups is 1. The van der Waals surface area contributed by atoms with Gasteiger partial charge in [-0.3, -0.25) is 14.4 Å². The summed E-state index contributed by atoms with van der Waals surface area (Å²) in [5.74, 6) is -2.00. The predicted molar refractivity (Wildman–Crippen MR) is 147 cm³/mol. The fourth-order valence-electron chi connectivity index (χ4n) is 6.67. The van der Waals surface area contributed by atoms with Gasteiger partial charge in [0.05, 0.1) is 22.1 Å². The molecule has 39 heavy (non-hydrogen) atoms. The zero-order valence-corrected chi connectivity index (χ0v) is 23.0. The SMILES string of the molecule is C=CCOC(=O)[C@@H]1[C@H]2C(=O)N(CCCCO)C(C(=O)N(CC=C)Cn3nnc4ccccc43)C23S[C@@H]1CC3C. The van der Waals surface area contributed by atoms with Crippen molar-refractivity contribution < 1.29 is 24.2 Å². The highest BCUT2D eigenvalue weighted by molar-refractivity contribution is 8.02. The zero-order valence-electron chi connectivity index (χ0n) is 22.1. The molecule has 3 aliphatic heterocycles. The first kappa shape index (κ1) is 27.4. The predicted octanol–water partition coefficient (Wildman–Crippen LogP) is 2.24. The Bertz CT molecular complexity index is 1280. The molecule has 1 spiro atoms. The minimum Gasteiger partial charge on any atom is -0.461 e. The van der Waals surface area contributed by atoms with Crippen LogP contribution in [0.4, 0.5) is 0 Å². The van der Waals surface area contributed by atoms with E-state index in [9.17, 15) is 19.5 Å². The summed E-state index contributed by atoms with van der Waals surface area (Å²) >= 11 is 1.61. The van der Waals surface area contributed by atoms with E-state index in [4.69, 9.17) is 4.74 Å². The fourth-order valence-corrected chi connectivity index (χ4v) is 9.07. The van der Waals surface area contributed by atoms with E-state index in [0.717, 1.165) is 17.5 Å². The molecule has 3 unspecified atom stereocenters. The molecule has 0 radical (unpaired) electrons. The second kappa shape index (κ2) is 11.1. The average Bonchev–Trinajstić information content (AvgIpc) is 3.65. The number of hydrogen-bond donors (Lipinski definition) is 1. The van der Waals surface area contributed by atoms with Crippen molar-refractivity contribution in [2.24, 2.45) is 17.8 Å². The minimum atomic E-state index is -0.759. The van der Waals surface area contributed by atoms with Gasteiger partial charge in [0.15, 0.2) is 0 Å². The summed E-state index contributed by atoms with van der Waals surface area (Å²) in [4.78, 5) is 45.1. The summed E-state index contributed by atoms with van der Waals surface area (Å²) in [7, 11) is 0. The molecule has 4 heterocycles. The Kier molecular flexibility index (Phi) is 7.82. The van der Waals surface area contributed by atoms with Crippen molar-refractivity contribution in [1.29, 1.82) is 0 Å². The maximum absolute atomic E-state index is 14.5. The molecule has 1 N–H and O–H groups in total. The number of nitrogens with zero attached hydrogens (tertiary/aromatic N) is 5. The molecule has 1 aromatic heterocycles. The molecule has 3 saturated heterocycles. The van der Waals surface area contributed by atoms with Gasteiger partial charge in [0.25, 0.3) is 0 Å². The van der Waals surface area contributed by atoms with Crippen LogP contribution in [0.2, 0.25) is 0 Å². The van der Waals surface area contributed by atoms with Crippen LogP contribution in [0.3, 0.4) is 0 Å². The van der Waals surface area contributed by atoms with Crippen LogP contribution in [-0.4, -0.2) is 90.0 Å². The third-order valence-electron chi connectivity index (χ3n) is 8.29. The lowest BCUT2D eigenvalue weighted by Gasteiger charge is -2.40. The molecular formula is C28H35N5O5S. The van der Waals surface area contributed by atoms with E-state index >= 15 is 0 Å². The summed E-state index contributed by atoms with van der Waals surface area (Å²) in [5, 5.41) is 17.8. The summed E-state index contributed by atoms with van der Waals surface area (Å²) in [5.41, 5.74) is 1.52. The van der Waals surface area contributed by atoms with E-state index in [2.05, 4.69) is 30.4 Å². The number of para-hydroxylation sites is 1. The molecule has 208 valence electrons. The van der Waals surface area contributed by atoms with E-state index in [1.54, 1.807) is 32.3 Å². The van der Waals surface area contributed by atoms with Crippen LogP contribution < -0.4 is 0 Å². The second-order valence-electron chi connectivity index (χ2n) is 10.5. The van der Waals surface area contributed by atoms with Gasteiger partial charge in [-0.2, -0.15) is 0 Å². The number of aliphatic hydroxyl groups excluding tert-OH is 1. The Morgan fingerprint density at radius 3 is 2.82 bits per heavy atom. The third kappa shape index (κ3) is 4.45. The number of aliphatic hydroxyl groups is 1. The van der Waals surface area contributed by atoms with Crippen molar-refractivity contribution in [2.45, 2.75) is 48.9 Å². The van der Waals surface area contributed by atoms with E-state index in [1.807, 2.05) is 24.3 Å². The van der Waals surface area contributed by atoms with Crippen LogP contribution in [0.1, 0.15) is 26.2 Å². The second-order valence-corrected chi connectivity index (χ2v) is 12.1. The number of unbranched alkanes of at least 4 members (excludes halogenated alkanes) is 1. The van der Waals surface area contributed by atoms with Crippen LogP contribution in [-0.2, 0) is 25.8 Å². The van der Waals surface area contributed by atoms with Crippen LogP contribution in [0.5, 0.6) is 0 Å². The highest BCUT2D eigenvalue weighted by Gasteiger charge is 2.76. The van der Waals surface area contributed by atoms with Crippen molar-refractivity contribution in [2.75, 3.05) is 26.3 Å². The quantitative estimate of drug-likeness (QED) is 0.242. The molecule has 2 amide bonds. The minimum absolute atomic E-state index is 0.000901. The molecular weight excluding hydrogens is 518 g/mol. The molecule has 2 aromatic rings. The smallest absolute Gasteiger partial charge is 0.311 e. The van der Waals surface area contributed by atoms with E-state index in [-0.39, 0.29) is 49.4 Å². The standard InChI is InChI=1S/C28H35N5O5S/c1-4-12-31(17-33-20-11-7-6-10-19(20)29-30-33)26(36)24-28-18(3)16-21(39-28)22(27(37)38-15-5-2)23(28)25(35)32(24)13-8-9-14-34/h4-7,10-11,18,21-24,34H,1-2,8-9,12-17H2,3H3/t18?,21-,22+,23+,24?,28?/m1/s1. The fraction of sp³-hybridized carbons (Fsp3) is 0.536. The summed E-state index contributed by atoms with van der Waals surface area (Å²) in [6.07, 6.45) is 4.97. The van der Waals surface area contributed by atoms with Crippen LogP contribution in [0.15, 0.2) is 49.6 Å². The summed E-state index contributed by atoms with van der Waals surface area (Å²) < 4.78 is 6.37. The van der Waals surface area contributed by atoms with Crippen LogP contribution >= 0.6 is 11.8 Å². The monoisotopic (exact) mass is 553 g/mol. The van der Waals surface area contributed by atoms with Gasteiger partial charge in [-0.05, 0) is 37.3 Å². The van der Waals surface area contributed by atoms with Crippen molar-refractivity contribution in [1.82, 2.24) is 24.8 Å². The molecule has 3 fully saturated rings. The number of hydrogen-bond acceptors (Lipinski definition) is 8. The normalized spacial score (nSPS) is 29.0. The van der Waals surface area contributed by atoms with Crippen molar-refractivity contribution in [3.63, 3.8) is 0 Å². The number of benzene rings is 1. The lowest BCUT2D eigenvalue weighted by atomic mass is 9.66. The van der Waals surface area contributed by atoms with E-state index in [0.29, 0.717) is 19.4 Å². The number of amides is 2. The number of aromatic nitrogens is 3. The Morgan fingerprint density at radius 1 is 1.28 bits per heavy atom. The number of fused-ring (bicyclic) bond motifs is 2. The number of carbonyl (C=O) groups excluding carboxylic acids is 3. The topological polar surface area (TPSA) is 118 Å². The Balaban J connectivity index is 1.52. The highest BCUT2D eigenvalue weighted by Crippen LogP contribution is 2.68. The zero-order chi connectivity index (χ0) is 27.7. The van der Waals surface area contributed by atoms with Gasteiger partial charge in [-0.25, -0.2) is 4.68 Å². The Labute approximate surface area is 232 Å². The number of likely N-dealkylation sites (tertiary alicyclic amines) is 1. The molecule has 11 heteroatoms. The molecule has 3 aliphatic rings. The number of ether oxygens (including phenoxy) is 1. The molecule has 0 saturated carbocycles. The van der Waals surface area contributed by atoms with Crippen molar-refractivity contribution in [3.8, 4) is 0 Å². The first-order valence-electron chi connectivity index (χ1n) is 13.4. The highest BCUT2D eigenvalue weighted by atomic mass is 32.2. The summed E-state index contributed by atoms with van der Waals surface area (Å²) in [6.45, 7) is 10.4. The number of carbonyl (C=O) groups is 3. The van der Waals surface area contributed by atoms with Gasteiger partial charge in [0.1, 0.15) is 24.8 Å². The number of rotatable bonds is 12.